The van der Waals surface area contributed by atoms with Gasteiger partial charge >= 0.3 is 0 Å². The predicted molar refractivity (Wildman–Crippen MR) is 70.3 cm³/mol. The molecule has 0 spiro atoms. The Morgan fingerprint density at radius 2 is 2.32 bits per heavy atom. The van der Waals surface area contributed by atoms with Gasteiger partial charge in [-0.05, 0) is 17.7 Å². The summed E-state index contributed by atoms with van der Waals surface area (Å²) in [6, 6.07) is 3.19. The SMILES string of the molecule is Cn1cc(C(N)C(=O)Cc2ccc(F)cc2Cl)cn1. The third-order valence-corrected chi connectivity index (χ3v) is 3.16. The van der Waals surface area contributed by atoms with E-state index in [0.29, 0.717) is 11.1 Å². The fourth-order valence-electron chi connectivity index (χ4n) is 1.75. The van der Waals surface area contributed by atoms with Crippen LogP contribution in [0, 0.1) is 5.82 Å². The summed E-state index contributed by atoms with van der Waals surface area (Å²) in [5.41, 5.74) is 7.07. The molecule has 100 valence electrons. The Morgan fingerprint density at radius 1 is 1.58 bits per heavy atom. The van der Waals surface area contributed by atoms with Gasteiger partial charge in [0.15, 0.2) is 5.78 Å². The highest BCUT2D eigenvalue weighted by atomic mass is 35.5. The maximum absolute atomic E-state index is 12.9. The molecular weight excluding hydrogens is 269 g/mol. The third kappa shape index (κ3) is 3.19. The smallest absolute Gasteiger partial charge is 0.158 e. The molecule has 0 bridgehead atoms. The lowest BCUT2D eigenvalue weighted by molar-refractivity contribution is -0.119. The van der Waals surface area contributed by atoms with Crippen molar-refractivity contribution in [2.75, 3.05) is 0 Å². The average Bonchev–Trinajstić information content (AvgIpc) is 2.78. The number of nitrogens with zero attached hydrogens (tertiary/aromatic N) is 2. The van der Waals surface area contributed by atoms with Crippen LogP contribution in [0.2, 0.25) is 5.02 Å². The molecule has 2 rings (SSSR count). The maximum Gasteiger partial charge on any atom is 0.158 e. The number of benzene rings is 1. The van der Waals surface area contributed by atoms with Gasteiger partial charge in [0.05, 0.1) is 12.2 Å². The molecule has 1 unspecified atom stereocenters. The van der Waals surface area contributed by atoms with Crippen LogP contribution < -0.4 is 5.73 Å². The molecule has 2 N–H and O–H groups in total. The summed E-state index contributed by atoms with van der Waals surface area (Å²) in [5.74, 6) is -0.626. The van der Waals surface area contributed by atoms with Gasteiger partial charge in [-0.25, -0.2) is 4.39 Å². The van der Waals surface area contributed by atoms with Crippen molar-refractivity contribution in [3.05, 3.63) is 52.6 Å². The van der Waals surface area contributed by atoms with Crippen LogP contribution in [-0.2, 0) is 18.3 Å². The van der Waals surface area contributed by atoms with Gasteiger partial charge in [0.25, 0.3) is 0 Å². The molecule has 0 saturated carbocycles. The lowest BCUT2D eigenvalue weighted by Gasteiger charge is -2.09. The van der Waals surface area contributed by atoms with Crippen LogP contribution in [0.4, 0.5) is 4.39 Å². The van der Waals surface area contributed by atoms with E-state index in [1.165, 1.54) is 18.2 Å². The van der Waals surface area contributed by atoms with Gasteiger partial charge in [-0.3, -0.25) is 9.48 Å². The Hall–Kier alpha value is -1.72. The Labute approximate surface area is 115 Å². The van der Waals surface area contributed by atoms with Crippen LogP contribution in [0.5, 0.6) is 0 Å². The fraction of sp³-hybridized carbons (Fsp3) is 0.231. The van der Waals surface area contributed by atoms with E-state index >= 15 is 0 Å². The first-order valence-corrected chi connectivity index (χ1v) is 6.06. The number of carbonyl (C=O) groups excluding carboxylic acids is 1. The van der Waals surface area contributed by atoms with Crippen molar-refractivity contribution in [2.45, 2.75) is 12.5 Å². The number of carbonyl (C=O) groups is 1. The summed E-state index contributed by atoms with van der Waals surface area (Å²) < 4.78 is 14.5. The van der Waals surface area contributed by atoms with Crippen LogP contribution in [0.1, 0.15) is 17.2 Å². The minimum atomic E-state index is -0.755. The normalized spacial score (nSPS) is 12.4. The minimum absolute atomic E-state index is 0.0647. The number of rotatable bonds is 4. The Balaban J connectivity index is 2.12. The molecule has 4 nitrogen and oxygen atoms in total. The van der Waals surface area contributed by atoms with Crippen molar-refractivity contribution in [3.63, 3.8) is 0 Å². The van der Waals surface area contributed by atoms with E-state index in [9.17, 15) is 9.18 Å². The monoisotopic (exact) mass is 281 g/mol. The Morgan fingerprint density at radius 3 is 2.89 bits per heavy atom. The minimum Gasteiger partial charge on any atom is -0.318 e. The molecule has 0 radical (unpaired) electrons. The van der Waals surface area contributed by atoms with Crippen molar-refractivity contribution < 1.29 is 9.18 Å². The van der Waals surface area contributed by atoms with Crippen molar-refractivity contribution in [1.82, 2.24) is 9.78 Å². The average molecular weight is 282 g/mol. The lowest BCUT2D eigenvalue weighted by Crippen LogP contribution is -2.22. The van der Waals surface area contributed by atoms with Crippen molar-refractivity contribution in [2.24, 2.45) is 12.8 Å². The number of aromatic nitrogens is 2. The standard InChI is InChI=1S/C13H13ClFN3O/c1-18-7-9(6-17-18)13(16)12(19)4-8-2-3-10(15)5-11(8)14/h2-3,5-7,13H,4,16H2,1H3. The number of ketones is 1. The summed E-state index contributed by atoms with van der Waals surface area (Å²) in [4.78, 5) is 12.0. The van der Waals surface area contributed by atoms with Gasteiger partial charge in [-0.1, -0.05) is 17.7 Å². The zero-order chi connectivity index (χ0) is 14.0. The second-order valence-electron chi connectivity index (χ2n) is 4.30. The van der Waals surface area contributed by atoms with Gasteiger partial charge in [0, 0.05) is 30.3 Å². The highest BCUT2D eigenvalue weighted by Gasteiger charge is 2.18. The second-order valence-corrected chi connectivity index (χ2v) is 4.71. The largest absolute Gasteiger partial charge is 0.318 e. The van der Waals surface area contributed by atoms with Gasteiger partial charge < -0.3 is 5.73 Å². The Bertz CT molecular complexity index is 612. The molecule has 1 aromatic carbocycles. The van der Waals surface area contributed by atoms with Crippen LogP contribution >= 0.6 is 11.6 Å². The van der Waals surface area contributed by atoms with Crippen LogP contribution in [0.15, 0.2) is 30.6 Å². The molecule has 1 aromatic heterocycles. The van der Waals surface area contributed by atoms with Crippen LogP contribution in [-0.4, -0.2) is 15.6 Å². The van der Waals surface area contributed by atoms with E-state index in [4.69, 9.17) is 17.3 Å². The summed E-state index contributed by atoms with van der Waals surface area (Å²) in [5, 5.41) is 4.19. The van der Waals surface area contributed by atoms with Gasteiger partial charge in [0.1, 0.15) is 5.82 Å². The van der Waals surface area contributed by atoms with E-state index in [0.717, 1.165) is 0 Å². The molecule has 19 heavy (non-hydrogen) atoms. The number of hydrogen-bond acceptors (Lipinski definition) is 3. The topological polar surface area (TPSA) is 60.9 Å². The van der Waals surface area contributed by atoms with Crippen molar-refractivity contribution >= 4 is 17.4 Å². The highest BCUT2D eigenvalue weighted by molar-refractivity contribution is 6.31. The van der Waals surface area contributed by atoms with E-state index in [1.807, 2.05) is 0 Å². The quantitative estimate of drug-likeness (QED) is 0.933. The molecule has 0 saturated heterocycles. The number of nitrogens with two attached hydrogens (primary N) is 1. The van der Waals surface area contributed by atoms with E-state index in [-0.39, 0.29) is 17.2 Å². The molecule has 6 heteroatoms. The number of aryl methyl sites for hydroxylation is 1. The highest BCUT2D eigenvalue weighted by Crippen LogP contribution is 2.20. The third-order valence-electron chi connectivity index (χ3n) is 2.81. The van der Waals surface area contributed by atoms with E-state index in [2.05, 4.69) is 5.10 Å². The molecular formula is C13H13ClFN3O. The van der Waals surface area contributed by atoms with Gasteiger partial charge in [-0.15, -0.1) is 0 Å². The molecule has 0 fully saturated rings. The number of Topliss-reactive ketones (excluding diaryl/α,β-unsaturated/α-hetero) is 1. The predicted octanol–water partition coefficient (Wildman–Crippen LogP) is 2.02. The van der Waals surface area contributed by atoms with Crippen molar-refractivity contribution in [1.29, 1.82) is 0 Å². The van der Waals surface area contributed by atoms with Gasteiger partial charge in [-0.2, -0.15) is 5.10 Å². The molecule has 0 aliphatic heterocycles. The van der Waals surface area contributed by atoms with Gasteiger partial charge in [0.2, 0.25) is 0 Å². The van der Waals surface area contributed by atoms with E-state index < -0.39 is 11.9 Å². The number of halogens is 2. The van der Waals surface area contributed by atoms with Crippen LogP contribution in [0.3, 0.4) is 0 Å². The first-order valence-electron chi connectivity index (χ1n) is 5.68. The zero-order valence-corrected chi connectivity index (χ0v) is 11.1. The van der Waals surface area contributed by atoms with Crippen LogP contribution in [0.25, 0.3) is 0 Å². The number of hydrogen-bond donors (Lipinski definition) is 1. The molecule has 0 aliphatic rings. The lowest BCUT2D eigenvalue weighted by atomic mass is 10.0. The fourth-order valence-corrected chi connectivity index (χ4v) is 1.98. The summed E-state index contributed by atoms with van der Waals surface area (Å²) >= 11 is 5.88. The van der Waals surface area contributed by atoms with E-state index in [1.54, 1.807) is 24.1 Å². The summed E-state index contributed by atoms with van der Waals surface area (Å²) in [6.45, 7) is 0. The maximum atomic E-state index is 12.9. The molecule has 1 heterocycles. The molecule has 0 amide bonds. The second kappa shape index (κ2) is 5.50. The first kappa shape index (κ1) is 13.7. The first-order chi connectivity index (χ1) is 8.97. The molecule has 0 aliphatic carbocycles. The molecule has 2 aromatic rings. The van der Waals surface area contributed by atoms with Crippen molar-refractivity contribution in [3.8, 4) is 0 Å². The molecule has 1 atom stereocenters. The summed E-state index contributed by atoms with van der Waals surface area (Å²) in [6.07, 6.45) is 3.30. The summed E-state index contributed by atoms with van der Waals surface area (Å²) in [7, 11) is 1.75. The Kier molecular flexibility index (Phi) is 3.97. The zero-order valence-electron chi connectivity index (χ0n) is 10.3.